The zero-order valence-corrected chi connectivity index (χ0v) is 10.9. The smallest absolute Gasteiger partial charge is 0.257 e. The number of ether oxygens (including phenoxy) is 1. The van der Waals surface area contributed by atoms with Gasteiger partial charge in [0, 0.05) is 24.6 Å². The van der Waals surface area contributed by atoms with Crippen molar-refractivity contribution in [3.63, 3.8) is 0 Å². The first-order chi connectivity index (χ1) is 9.27. The van der Waals surface area contributed by atoms with Gasteiger partial charge in [0.2, 0.25) is 0 Å². The van der Waals surface area contributed by atoms with E-state index in [4.69, 9.17) is 10.5 Å². The second-order valence-corrected chi connectivity index (χ2v) is 5.22. The molecule has 1 aromatic rings. The molecule has 0 radical (unpaired) electrons. The van der Waals surface area contributed by atoms with E-state index in [0.29, 0.717) is 24.4 Å². The molecule has 5 nitrogen and oxygen atoms in total. The van der Waals surface area contributed by atoms with Crippen molar-refractivity contribution in [3.8, 4) is 0 Å². The third kappa shape index (κ3) is 2.30. The Kier molecular flexibility index (Phi) is 3.38. The van der Waals surface area contributed by atoms with Gasteiger partial charge in [0.05, 0.1) is 24.3 Å². The van der Waals surface area contributed by atoms with E-state index < -0.39 is 0 Å². The highest BCUT2D eigenvalue weighted by Crippen LogP contribution is 2.29. The highest BCUT2D eigenvalue weighted by atomic mass is 16.5. The average Bonchev–Trinajstić information content (AvgIpc) is 2.46. The number of carbonyl (C=O) groups is 1. The molecule has 1 saturated carbocycles. The zero-order valence-electron chi connectivity index (χ0n) is 10.9. The summed E-state index contributed by atoms with van der Waals surface area (Å²) in [5, 5.41) is 0. The summed E-state index contributed by atoms with van der Waals surface area (Å²) in [4.78, 5) is 18.6. The predicted molar refractivity (Wildman–Crippen MR) is 71.7 cm³/mol. The Morgan fingerprint density at radius 1 is 1.42 bits per heavy atom. The molecule has 3 rings (SSSR count). The highest BCUT2D eigenvalue weighted by Gasteiger charge is 2.37. The van der Waals surface area contributed by atoms with Crippen molar-refractivity contribution < 1.29 is 9.53 Å². The summed E-state index contributed by atoms with van der Waals surface area (Å²) >= 11 is 0. The predicted octanol–water partition coefficient (Wildman–Crippen LogP) is 1.45. The van der Waals surface area contributed by atoms with Crippen LogP contribution in [0.4, 0.5) is 5.69 Å². The van der Waals surface area contributed by atoms with Crippen LogP contribution in [0.1, 0.15) is 36.0 Å². The van der Waals surface area contributed by atoms with E-state index in [1.165, 1.54) is 6.42 Å². The monoisotopic (exact) mass is 261 g/mol. The number of anilines is 1. The number of nitrogens with zero attached hydrogens (tertiary/aromatic N) is 2. The fourth-order valence-electron chi connectivity index (χ4n) is 3.09. The van der Waals surface area contributed by atoms with Crippen LogP contribution in [0, 0.1) is 0 Å². The normalized spacial score (nSPS) is 26.8. The van der Waals surface area contributed by atoms with E-state index in [1.807, 2.05) is 4.90 Å². The molecule has 2 aliphatic rings. The van der Waals surface area contributed by atoms with Crippen molar-refractivity contribution in [2.45, 2.75) is 37.8 Å². The first kappa shape index (κ1) is 12.4. The van der Waals surface area contributed by atoms with Crippen molar-refractivity contribution in [3.05, 3.63) is 24.0 Å². The van der Waals surface area contributed by atoms with E-state index in [-0.39, 0.29) is 18.1 Å². The van der Waals surface area contributed by atoms with Gasteiger partial charge in [-0.2, -0.15) is 0 Å². The molecule has 0 unspecified atom stereocenters. The van der Waals surface area contributed by atoms with E-state index in [0.717, 1.165) is 19.3 Å². The summed E-state index contributed by atoms with van der Waals surface area (Å²) < 4.78 is 5.79. The molecule has 19 heavy (non-hydrogen) atoms. The van der Waals surface area contributed by atoms with Crippen LogP contribution in [0.2, 0.25) is 0 Å². The second kappa shape index (κ2) is 5.17. The lowest BCUT2D eigenvalue weighted by Crippen LogP contribution is -2.54. The van der Waals surface area contributed by atoms with Crippen LogP contribution >= 0.6 is 0 Å². The summed E-state index contributed by atoms with van der Waals surface area (Å²) in [6.07, 6.45) is 7.80. The lowest BCUT2D eigenvalue weighted by Gasteiger charge is -2.43. The van der Waals surface area contributed by atoms with Crippen LogP contribution in [0.15, 0.2) is 18.5 Å². The van der Waals surface area contributed by atoms with Gasteiger partial charge in [0.1, 0.15) is 0 Å². The van der Waals surface area contributed by atoms with Crippen molar-refractivity contribution in [1.82, 2.24) is 9.88 Å². The first-order valence-corrected chi connectivity index (χ1v) is 6.89. The van der Waals surface area contributed by atoms with Crippen molar-refractivity contribution in [2.75, 3.05) is 18.9 Å². The fraction of sp³-hybridized carbons (Fsp3) is 0.571. The van der Waals surface area contributed by atoms with Crippen LogP contribution < -0.4 is 5.73 Å². The minimum atomic E-state index is -0.00852. The lowest BCUT2D eigenvalue weighted by molar-refractivity contribution is -0.0752. The number of morpholine rings is 1. The average molecular weight is 261 g/mol. The molecule has 2 heterocycles. The van der Waals surface area contributed by atoms with Crippen LogP contribution in [0.25, 0.3) is 0 Å². The third-order valence-electron chi connectivity index (χ3n) is 4.08. The van der Waals surface area contributed by atoms with Gasteiger partial charge in [0.15, 0.2) is 0 Å². The largest absolute Gasteiger partial charge is 0.398 e. The van der Waals surface area contributed by atoms with Gasteiger partial charge >= 0.3 is 0 Å². The van der Waals surface area contributed by atoms with E-state index in [2.05, 4.69) is 4.98 Å². The Balaban J connectivity index is 1.84. The minimum Gasteiger partial charge on any atom is -0.398 e. The maximum Gasteiger partial charge on any atom is 0.257 e. The molecule has 1 aliphatic heterocycles. The number of hydrogen-bond acceptors (Lipinski definition) is 4. The molecule has 2 N–H and O–H groups in total. The van der Waals surface area contributed by atoms with Crippen molar-refractivity contribution in [1.29, 1.82) is 0 Å². The molecule has 2 atom stereocenters. The summed E-state index contributed by atoms with van der Waals surface area (Å²) in [7, 11) is 0. The SMILES string of the molecule is Nc1ccncc1C(=O)N1CCO[C@@H]2CCCC[C@H]21. The molecule has 0 aromatic carbocycles. The van der Waals surface area contributed by atoms with E-state index in [1.54, 1.807) is 18.5 Å². The number of pyridine rings is 1. The van der Waals surface area contributed by atoms with Gasteiger partial charge in [-0.1, -0.05) is 12.8 Å². The second-order valence-electron chi connectivity index (χ2n) is 5.22. The summed E-state index contributed by atoms with van der Waals surface area (Å²) in [5.41, 5.74) is 6.88. The number of fused-ring (bicyclic) bond motifs is 1. The summed E-state index contributed by atoms with van der Waals surface area (Å²) in [6, 6.07) is 1.88. The Morgan fingerprint density at radius 3 is 3.11 bits per heavy atom. The number of carbonyl (C=O) groups excluding carboxylic acids is 1. The molecular weight excluding hydrogens is 242 g/mol. The van der Waals surface area contributed by atoms with Gasteiger partial charge in [-0.25, -0.2) is 0 Å². The maximum atomic E-state index is 12.6. The molecule has 2 fully saturated rings. The Morgan fingerprint density at radius 2 is 2.26 bits per heavy atom. The lowest BCUT2D eigenvalue weighted by atomic mass is 9.89. The number of rotatable bonds is 1. The Hall–Kier alpha value is -1.62. The molecule has 1 aliphatic carbocycles. The molecule has 0 spiro atoms. The number of hydrogen-bond donors (Lipinski definition) is 1. The van der Waals surface area contributed by atoms with Crippen LogP contribution in [0.3, 0.4) is 0 Å². The summed E-state index contributed by atoms with van der Waals surface area (Å²) in [6.45, 7) is 1.27. The number of nitrogens with two attached hydrogens (primary N) is 1. The standard InChI is InChI=1S/C14H19N3O2/c15-11-5-6-16-9-10(11)14(18)17-7-8-19-13-4-2-1-3-12(13)17/h5-6,9,12-13H,1-4,7-8H2,(H2,15,16)/t12-,13-/m1/s1. The molecule has 5 heteroatoms. The first-order valence-electron chi connectivity index (χ1n) is 6.89. The molecular formula is C14H19N3O2. The van der Waals surface area contributed by atoms with Gasteiger partial charge in [0.25, 0.3) is 5.91 Å². The molecule has 102 valence electrons. The van der Waals surface area contributed by atoms with E-state index >= 15 is 0 Å². The highest BCUT2D eigenvalue weighted by molar-refractivity contribution is 5.99. The minimum absolute atomic E-state index is 0.00852. The molecule has 0 bridgehead atoms. The Bertz CT molecular complexity index is 476. The van der Waals surface area contributed by atoms with Gasteiger partial charge in [-0.05, 0) is 18.9 Å². The number of aromatic nitrogens is 1. The zero-order chi connectivity index (χ0) is 13.2. The van der Waals surface area contributed by atoms with Crippen molar-refractivity contribution >= 4 is 11.6 Å². The number of amides is 1. The number of nitrogen functional groups attached to an aromatic ring is 1. The topological polar surface area (TPSA) is 68.5 Å². The Labute approximate surface area is 112 Å². The van der Waals surface area contributed by atoms with Gasteiger partial charge in [-0.15, -0.1) is 0 Å². The molecule has 1 amide bonds. The fourth-order valence-corrected chi connectivity index (χ4v) is 3.09. The summed E-state index contributed by atoms with van der Waals surface area (Å²) in [5.74, 6) is -0.00852. The van der Waals surface area contributed by atoms with Gasteiger partial charge in [-0.3, -0.25) is 9.78 Å². The van der Waals surface area contributed by atoms with Gasteiger partial charge < -0.3 is 15.4 Å². The van der Waals surface area contributed by atoms with E-state index in [9.17, 15) is 4.79 Å². The maximum absolute atomic E-state index is 12.6. The van der Waals surface area contributed by atoms with Crippen LogP contribution in [-0.2, 0) is 4.74 Å². The van der Waals surface area contributed by atoms with Crippen LogP contribution in [0.5, 0.6) is 0 Å². The molecule has 1 aromatic heterocycles. The molecule has 1 saturated heterocycles. The van der Waals surface area contributed by atoms with Crippen molar-refractivity contribution in [2.24, 2.45) is 0 Å². The quantitative estimate of drug-likeness (QED) is 0.830. The third-order valence-corrected chi connectivity index (χ3v) is 4.08. The van der Waals surface area contributed by atoms with Crippen LogP contribution in [-0.4, -0.2) is 41.1 Å².